The molecule has 0 aromatic carbocycles. The molecule has 4 heterocycles. The van der Waals surface area contributed by atoms with Crippen LogP contribution in [0.4, 0.5) is 11.6 Å². The van der Waals surface area contributed by atoms with Gasteiger partial charge in [0.1, 0.15) is 12.2 Å². The molecule has 0 radical (unpaired) electrons. The molecular formula is C25H36N4O4. The minimum absolute atomic E-state index is 0.0370. The molecule has 33 heavy (non-hydrogen) atoms. The predicted octanol–water partition coefficient (Wildman–Crippen LogP) is 4.34. The molecule has 0 N–H and O–H groups in total. The zero-order valence-corrected chi connectivity index (χ0v) is 20.9. The predicted molar refractivity (Wildman–Crippen MR) is 130 cm³/mol. The Morgan fingerprint density at radius 1 is 0.909 bits per heavy atom. The van der Waals surface area contributed by atoms with E-state index in [9.17, 15) is 9.59 Å². The van der Waals surface area contributed by atoms with Gasteiger partial charge in [-0.25, -0.2) is 9.97 Å². The Bertz CT molecular complexity index is 950. The molecule has 0 aliphatic carbocycles. The second kappa shape index (κ2) is 11.6. The van der Waals surface area contributed by atoms with Gasteiger partial charge < -0.3 is 9.47 Å². The zero-order valence-electron chi connectivity index (χ0n) is 20.9. The van der Waals surface area contributed by atoms with Gasteiger partial charge in [-0.05, 0) is 44.0 Å². The van der Waals surface area contributed by atoms with Gasteiger partial charge in [0.15, 0.2) is 23.1 Å². The fraction of sp³-hybridized carbons (Fsp3) is 0.520. The maximum Gasteiger partial charge on any atom is 0.235 e. The molecule has 0 saturated carbocycles. The molecule has 3 atom stereocenters. The average Bonchev–Trinajstić information content (AvgIpc) is 2.96. The first kappa shape index (κ1) is 26.1. The fourth-order valence-corrected chi connectivity index (χ4v) is 3.84. The van der Waals surface area contributed by atoms with Crippen LogP contribution in [0.2, 0.25) is 0 Å². The van der Waals surface area contributed by atoms with E-state index in [2.05, 4.69) is 9.97 Å². The average molecular weight is 457 g/mol. The lowest BCUT2D eigenvalue weighted by atomic mass is 9.90. The third kappa shape index (κ3) is 6.00. The Morgan fingerprint density at radius 2 is 1.42 bits per heavy atom. The first-order valence-corrected chi connectivity index (χ1v) is 11.5. The highest BCUT2D eigenvalue weighted by Crippen LogP contribution is 2.34. The second-order valence-corrected chi connectivity index (χ2v) is 8.23. The smallest absolute Gasteiger partial charge is 0.235 e. The summed E-state index contributed by atoms with van der Waals surface area (Å²) in [5, 5.41) is 0. The van der Waals surface area contributed by atoms with Gasteiger partial charge in [-0.1, -0.05) is 27.7 Å². The van der Waals surface area contributed by atoms with Crippen LogP contribution < -0.4 is 19.3 Å². The molecule has 0 bridgehead atoms. The van der Waals surface area contributed by atoms with E-state index in [-0.39, 0.29) is 35.9 Å². The molecule has 8 nitrogen and oxygen atoms in total. The Hall–Kier alpha value is -3.16. The summed E-state index contributed by atoms with van der Waals surface area (Å²) in [6.07, 6.45) is 3.51. The van der Waals surface area contributed by atoms with Gasteiger partial charge in [-0.15, -0.1) is 0 Å². The number of amides is 2. The summed E-state index contributed by atoms with van der Waals surface area (Å²) in [5.74, 6) is 2.78. The maximum atomic E-state index is 12.4. The van der Waals surface area contributed by atoms with Gasteiger partial charge in [-0.2, -0.15) is 0 Å². The van der Waals surface area contributed by atoms with Crippen molar-refractivity contribution in [3.05, 3.63) is 36.7 Å². The van der Waals surface area contributed by atoms with Crippen LogP contribution in [0.25, 0.3) is 0 Å². The minimum Gasteiger partial charge on any atom is -0.486 e. The second-order valence-electron chi connectivity index (χ2n) is 8.23. The Kier molecular flexibility index (Phi) is 9.20. The monoisotopic (exact) mass is 456 g/mol. The highest BCUT2D eigenvalue weighted by Gasteiger charge is 2.36. The van der Waals surface area contributed by atoms with Crippen LogP contribution in [0.3, 0.4) is 0 Å². The molecule has 2 aliphatic rings. The van der Waals surface area contributed by atoms with Crippen LogP contribution in [-0.4, -0.2) is 48.1 Å². The third-order valence-corrected chi connectivity index (χ3v) is 5.45. The van der Waals surface area contributed by atoms with Crippen molar-refractivity contribution in [2.45, 2.75) is 60.2 Å². The Morgan fingerprint density at radius 3 is 1.97 bits per heavy atom. The summed E-state index contributed by atoms with van der Waals surface area (Å²) in [5.41, 5.74) is 0. The summed E-state index contributed by atoms with van der Waals surface area (Å²) in [6, 6.07) is 7.30. The molecule has 2 aliphatic heterocycles. The highest BCUT2D eigenvalue weighted by molar-refractivity contribution is 5.96. The molecule has 4 rings (SSSR count). The lowest BCUT2D eigenvalue weighted by molar-refractivity contribution is -0.125. The van der Waals surface area contributed by atoms with E-state index in [4.69, 9.17) is 9.47 Å². The fourth-order valence-electron chi connectivity index (χ4n) is 3.84. The molecular weight excluding hydrogens is 420 g/mol. The molecule has 3 unspecified atom stereocenters. The number of hydrogen-bond donors (Lipinski definition) is 0. The Labute approximate surface area is 196 Å². The molecule has 2 aromatic heterocycles. The van der Waals surface area contributed by atoms with E-state index in [1.807, 2.05) is 59.7 Å². The summed E-state index contributed by atoms with van der Waals surface area (Å²) in [6.45, 7) is 11.9. The van der Waals surface area contributed by atoms with Crippen LogP contribution in [0.15, 0.2) is 36.7 Å². The number of carbonyl (C=O) groups is 2. The first-order chi connectivity index (χ1) is 15.7. The number of ether oxygens (including phenoxy) is 2. The van der Waals surface area contributed by atoms with E-state index < -0.39 is 0 Å². The zero-order chi connectivity index (χ0) is 24.7. The van der Waals surface area contributed by atoms with Crippen LogP contribution in [0.1, 0.15) is 48.0 Å². The van der Waals surface area contributed by atoms with Crippen molar-refractivity contribution in [2.24, 2.45) is 11.8 Å². The standard InChI is InChI=1S/C13H18N2O2.C10H12N2O2.C2H6/c1-8(2)11-9(3)17-10-6-5-7-14-12(10)15(4)13(11)16;1-7-6-9(13)12(2)10-8(14-7)4-3-5-11-10;1-2/h5-9,11H,1-4H3;3-5,7H,6H2,1-2H3;1-2H3. The molecule has 2 amide bonds. The van der Waals surface area contributed by atoms with E-state index in [0.29, 0.717) is 29.6 Å². The van der Waals surface area contributed by atoms with Gasteiger partial charge in [0.05, 0.1) is 12.3 Å². The summed E-state index contributed by atoms with van der Waals surface area (Å²) in [4.78, 5) is 35.4. The number of hydrogen-bond acceptors (Lipinski definition) is 6. The lowest BCUT2D eigenvalue weighted by Crippen LogP contribution is -2.40. The molecule has 8 heteroatoms. The third-order valence-electron chi connectivity index (χ3n) is 5.45. The van der Waals surface area contributed by atoms with Gasteiger partial charge in [0.2, 0.25) is 11.8 Å². The molecule has 2 aromatic rings. The van der Waals surface area contributed by atoms with Crippen molar-refractivity contribution < 1.29 is 19.1 Å². The van der Waals surface area contributed by atoms with E-state index in [1.165, 1.54) is 0 Å². The van der Waals surface area contributed by atoms with E-state index >= 15 is 0 Å². The number of carbonyl (C=O) groups excluding carboxylic acids is 2. The Balaban J connectivity index is 0.000000221. The van der Waals surface area contributed by atoms with Gasteiger partial charge >= 0.3 is 0 Å². The number of anilines is 2. The minimum atomic E-state index is -0.130. The highest BCUT2D eigenvalue weighted by atomic mass is 16.5. The van der Waals surface area contributed by atoms with Crippen molar-refractivity contribution in [3.63, 3.8) is 0 Å². The first-order valence-electron chi connectivity index (χ1n) is 11.5. The van der Waals surface area contributed by atoms with E-state index in [0.717, 1.165) is 0 Å². The van der Waals surface area contributed by atoms with Crippen molar-refractivity contribution in [1.29, 1.82) is 0 Å². The molecule has 180 valence electrons. The van der Waals surface area contributed by atoms with Crippen LogP contribution in [0.5, 0.6) is 11.5 Å². The largest absolute Gasteiger partial charge is 0.486 e. The molecule has 0 saturated heterocycles. The lowest BCUT2D eigenvalue weighted by Gasteiger charge is -2.25. The van der Waals surface area contributed by atoms with Crippen molar-refractivity contribution in [3.8, 4) is 11.5 Å². The van der Waals surface area contributed by atoms with Crippen LogP contribution in [-0.2, 0) is 9.59 Å². The van der Waals surface area contributed by atoms with Crippen LogP contribution >= 0.6 is 0 Å². The van der Waals surface area contributed by atoms with Crippen molar-refractivity contribution in [2.75, 3.05) is 23.9 Å². The number of nitrogens with zero attached hydrogens (tertiary/aromatic N) is 4. The number of pyridine rings is 2. The topological polar surface area (TPSA) is 84.9 Å². The summed E-state index contributed by atoms with van der Waals surface area (Å²) >= 11 is 0. The van der Waals surface area contributed by atoms with Gasteiger partial charge in [0.25, 0.3) is 0 Å². The van der Waals surface area contributed by atoms with Crippen molar-refractivity contribution in [1.82, 2.24) is 9.97 Å². The quantitative estimate of drug-likeness (QED) is 0.635. The maximum absolute atomic E-state index is 12.4. The SMILES string of the molecule is CC.CC(C)C1C(=O)N(C)c2ncccc2OC1C.CC1CC(=O)N(C)c2ncccc2O1. The van der Waals surface area contributed by atoms with Gasteiger partial charge in [0, 0.05) is 26.5 Å². The van der Waals surface area contributed by atoms with Crippen molar-refractivity contribution >= 4 is 23.5 Å². The normalized spacial score (nSPS) is 21.7. The van der Waals surface area contributed by atoms with Gasteiger partial charge in [-0.3, -0.25) is 19.4 Å². The van der Waals surface area contributed by atoms with Crippen LogP contribution in [0, 0.1) is 11.8 Å². The number of fused-ring (bicyclic) bond motifs is 2. The number of aromatic nitrogens is 2. The van der Waals surface area contributed by atoms with E-state index in [1.54, 1.807) is 42.4 Å². The molecule has 0 spiro atoms. The summed E-state index contributed by atoms with van der Waals surface area (Å²) in [7, 11) is 3.47. The number of rotatable bonds is 1. The molecule has 0 fully saturated rings. The summed E-state index contributed by atoms with van der Waals surface area (Å²) < 4.78 is 11.4.